The quantitative estimate of drug-likeness (QED) is 0.150. The highest BCUT2D eigenvalue weighted by Gasteiger charge is 2.13. The van der Waals surface area contributed by atoms with Gasteiger partial charge in [-0.1, -0.05) is 85.4 Å². The summed E-state index contributed by atoms with van der Waals surface area (Å²) in [4.78, 5) is 0.218. The van der Waals surface area contributed by atoms with E-state index in [1.54, 1.807) is 24.3 Å². The van der Waals surface area contributed by atoms with Crippen LogP contribution >= 0.6 is 0 Å². The van der Waals surface area contributed by atoms with E-state index in [1.807, 2.05) is 6.92 Å². The molecular weight excluding hydrogens is 404 g/mol. The lowest BCUT2D eigenvalue weighted by molar-refractivity contribution is 0.309. The largest absolute Gasteiger partial charge is 0.296 e. The Morgan fingerprint density at radius 3 is 1.71 bits per heavy atom. The van der Waals surface area contributed by atoms with Crippen LogP contribution in [0.2, 0.25) is 0 Å². The standard InChI is InChI=1S/C27H38O3S/c1-3-4-5-6-7-8-9-10-11-12-13-14-15-16-17-18-19-20-25-30-31(28,29)27-23-21-26(2)22-24-27/h4-5,7-8,10-11,13-14,16-17,21-24H,3,6,9,12,15,18-20,25H2,1-2H3. The summed E-state index contributed by atoms with van der Waals surface area (Å²) in [5, 5.41) is 0. The molecule has 0 bridgehead atoms. The second kappa shape index (κ2) is 17.5. The molecule has 0 aliphatic carbocycles. The Morgan fingerprint density at radius 2 is 1.19 bits per heavy atom. The molecule has 0 aromatic heterocycles. The molecule has 0 unspecified atom stereocenters. The van der Waals surface area contributed by atoms with Crippen LogP contribution in [0.25, 0.3) is 0 Å². The lowest BCUT2D eigenvalue weighted by Gasteiger charge is -2.05. The maximum atomic E-state index is 12.1. The molecule has 1 rings (SSSR count). The molecule has 170 valence electrons. The van der Waals surface area contributed by atoms with Crippen LogP contribution in [0.4, 0.5) is 0 Å². The van der Waals surface area contributed by atoms with E-state index in [1.165, 1.54) is 0 Å². The van der Waals surface area contributed by atoms with Crippen molar-refractivity contribution in [3.05, 3.63) is 90.6 Å². The van der Waals surface area contributed by atoms with Gasteiger partial charge in [0.05, 0.1) is 11.5 Å². The van der Waals surface area contributed by atoms with Gasteiger partial charge in [-0.15, -0.1) is 0 Å². The molecule has 0 saturated heterocycles. The molecule has 0 aliphatic rings. The number of allylic oxidation sites excluding steroid dienone is 10. The number of hydrogen-bond acceptors (Lipinski definition) is 3. The van der Waals surface area contributed by atoms with E-state index in [4.69, 9.17) is 4.18 Å². The van der Waals surface area contributed by atoms with Crippen molar-refractivity contribution < 1.29 is 12.6 Å². The van der Waals surface area contributed by atoms with Gasteiger partial charge in [0.1, 0.15) is 0 Å². The van der Waals surface area contributed by atoms with Crippen LogP contribution in [-0.2, 0) is 14.3 Å². The van der Waals surface area contributed by atoms with Gasteiger partial charge >= 0.3 is 0 Å². The molecule has 0 aliphatic heterocycles. The molecule has 0 spiro atoms. The molecule has 3 nitrogen and oxygen atoms in total. The summed E-state index contributed by atoms with van der Waals surface area (Å²) < 4.78 is 29.3. The van der Waals surface area contributed by atoms with Gasteiger partial charge in [-0.3, -0.25) is 4.18 Å². The third-order valence-corrected chi connectivity index (χ3v) is 5.80. The van der Waals surface area contributed by atoms with Crippen LogP contribution in [0, 0.1) is 6.92 Å². The van der Waals surface area contributed by atoms with Crippen molar-refractivity contribution in [2.24, 2.45) is 0 Å². The Hall–Kier alpha value is -2.17. The number of unbranched alkanes of at least 4 members (excludes halogenated alkanes) is 2. The first-order valence-corrected chi connectivity index (χ1v) is 12.7. The Labute approximate surface area is 190 Å². The Morgan fingerprint density at radius 1 is 0.710 bits per heavy atom. The molecule has 0 radical (unpaired) electrons. The van der Waals surface area contributed by atoms with Crippen molar-refractivity contribution in [3.63, 3.8) is 0 Å². The first-order valence-electron chi connectivity index (χ1n) is 11.3. The monoisotopic (exact) mass is 442 g/mol. The summed E-state index contributed by atoms with van der Waals surface area (Å²) in [5.74, 6) is 0. The van der Waals surface area contributed by atoms with Crippen molar-refractivity contribution in [1.82, 2.24) is 0 Å². The van der Waals surface area contributed by atoms with E-state index < -0.39 is 10.1 Å². The molecular formula is C27H38O3S. The van der Waals surface area contributed by atoms with Gasteiger partial charge in [0.2, 0.25) is 0 Å². The van der Waals surface area contributed by atoms with Crippen LogP contribution in [0.3, 0.4) is 0 Å². The Kier molecular flexibility index (Phi) is 15.2. The number of aryl methyl sites for hydroxylation is 1. The molecule has 1 aromatic carbocycles. The summed E-state index contributed by atoms with van der Waals surface area (Å²) in [6.07, 6.45) is 29.4. The highest BCUT2D eigenvalue weighted by molar-refractivity contribution is 7.86. The van der Waals surface area contributed by atoms with Gasteiger partial charge in [-0.25, -0.2) is 0 Å². The van der Waals surface area contributed by atoms with Crippen LogP contribution in [-0.4, -0.2) is 15.0 Å². The predicted molar refractivity (Wildman–Crippen MR) is 133 cm³/mol. The molecule has 0 heterocycles. The zero-order valence-corrected chi connectivity index (χ0v) is 19.9. The van der Waals surface area contributed by atoms with Crippen LogP contribution in [0.15, 0.2) is 89.9 Å². The van der Waals surface area contributed by atoms with Crippen molar-refractivity contribution in [1.29, 1.82) is 0 Å². The molecule has 0 amide bonds. The number of rotatable bonds is 16. The fourth-order valence-corrected chi connectivity index (χ4v) is 3.62. The average Bonchev–Trinajstić information content (AvgIpc) is 2.75. The first kappa shape index (κ1) is 26.9. The summed E-state index contributed by atoms with van der Waals surface area (Å²) in [7, 11) is -3.64. The van der Waals surface area contributed by atoms with Gasteiger partial charge in [0, 0.05) is 0 Å². The van der Waals surface area contributed by atoms with Crippen molar-refractivity contribution in [2.45, 2.75) is 70.1 Å². The van der Waals surface area contributed by atoms with E-state index in [0.717, 1.165) is 56.9 Å². The fraction of sp³-hybridized carbons (Fsp3) is 0.407. The third-order valence-electron chi connectivity index (χ3n) is 4.47. The highest BCUT2D eigenvalue weighted by Crippen LogP contribution is 2.14. The number of hydrogen-bond donors (Lipinski definition) is 0. The van der Waals surface area contributed by atoms with E-state index in [9.17, 15) is 8.42 Å². The summed E-state index contributed by atoms with van der Waals surface area (Å²) in [6.45, 7) is 4.29. The van der Waals surface area contributed by atoms with E-state index in [0.29, 0.717) is 0 Å². The van der Waals surface area contributed by atoms with Gasteiger partial charge in [-0.05, 0) is 70.4 Å². The lowest BCUT2D eigenvalue weighted by atomic mass is 10.2. The molecule has 4 heteroatoms. The normalized spacial score (nSPS) is 13.1. The van der Waals surface area contributed by atoms with E-state index in [2.05, 4.69) is 67.7 Å². The fourth-order valence-electron chi connectivity index (χ4n) is 2.67. The van der Waals surface area contributed by atoms with E-state index in [-0.39, 0.29) is 11.5 Å². The average molecular weight is 443 g/mol. The zero-order chi connectivity index (χ0) is 22.6. The SMILES string of the molecule is CCC=CCC=CCC=CCC=CCC=CCCCCOS(=O)(=O)c1ccc(C)cc1. The minimum absolute atomic E-state index is 0.218. The summed E-state index contributed by atoms with van der Waals surface area (Å²) in [5.41, 5.74) is 1.02. The van der Waals surface area contributed by atoms with Gasteiger partial charge in [0.15, 0.2) is 0 Å². The van der Waals surface area contributed by atoms with Gasteiger partial charge in [-0.2, -0.15) is 8.42 Å². The van der Waals surface area contributed by atoms with Gasteiger partial charge < -0.3 is 0 Å². The van der Waals surface area contributed by atoms with Crippen molar-refractivity contribution >= 4 is 10.1 Å². The molecule has 0 atom stereocenters. The summed E-state index contributed by atoms with van der Waals surface area (Å²) in [6, 6.07) is 6.72. The minimum atomic E-state index is -3.64. The molecule has 0 N–H and O–H groups in total. The van der Waals surface area contributed by atoms with Gasteiger partial charge in [0.25, 0.3) is 10.1 Å². The smallest absolute Gasteiger partial charge is 0.266 e. The van der Waals surface area contributed by atoms with Crippen molar-refractivity contribution in [2.75, 3.05) is 6.61 Å². The zero-order valence-electron chi connectivity index (χ0n) is 19.1. The molecule has 0 fully saturated rings. The van der Waals surface area contributed by atoms with E-state index >= 15 is 0 Å². The maximum absolute atomic E-state index is 12.1. The predicted octanol–water partition coefficient (Wildman–Crippen LogP) is 7.62. The third kappa shape index (κ3) is 14.5. The Bertz CT molecular complexity index is 826. The minimum Gasteiger partial charge on any atom is -0.266 e. The first-order chi connectivity index (χ1) is 15.1. The summed E-state index contributed by atoms with van der Waals surface area (Å²) >= 11 is 0. The lowest BCUT2D eigenvalue weighted by Crippen LogP contribution is -2.07. The topological polar surface area (TPSA) is 43.4 Å². The van der Waals surface area contributed by atoms with Crippen LogP contribution < -0.4 is 0 Å². The van der Waals surface area contributed by atoms with Crippen LogP contribution in [0.5, 0.6) is 0 Å². The second-order valence-corrected chi connectivity index (χ2v) is 8.91. The number of benzene rings is 1. The second-order valence-electron chi connectivity index (χ2n) is 7.29. The molecule has 31 heavy (non-hydrogen) atoms. The maximum Gasteiger partial charge on any atom is 0.296 e. The molecule has 0 saturated carbocycles. The highest BCUT2D eigenvalue weighted by atomic mass is 32.2. The molecule has 1 aromatic rings. The Balaban J connectivity index is 2.03. The van der Waals surface area contributed by atoms with Crippen molar-refractivity contribution in [3.8, 4) is 0 Å². The van der Waals surface area contributed by atoms with Crippen LogP contribution in [0.1, 0.15) is 63.9 Å².